The first-order valence-electron chi connectivity index (χ1n) is 8.47. The number of amides is 1. The predicted molar refractivity (Wildman–Crippen MR) is 108 cm³/mol. The zero-order chi connectivity index (χ0) is 20.1. The molecule has 10 heteroatoms. The number of tetrazole rings is 1. The van der Waals surface area contributed by atoms with E-state index in [9.17, 15) is 10.1 Å². The van der Waals surface area contributed by atoms with Crippen LogP contribution in [-0.4, -0.2) is 38.5 Å². The first kappa shape index (κ1) is 19.9. The normalized spacial score (nSPS) is 10.5. The number of nitrogens with one attached hydrogen (secondary N) is 1. The average molecular weight is 415 g/mol. The smallest absolute Gasteiger partial charge is 0.235 e. The number of carbonyl (C=O) groups is 1. The largest absolute Gasteiger partial charge is 0.494 e. The van der Waals surface area contributed by atoms with E-state index in [0.717, 1.165) is 21.9 Å². The van der Waals surface area contributed by atoms with Crippen molar-refractivity contribution in [1.29, 1.82) is 5.26 Å². The minimum Gasteiger partial charge on any atom is -0.494 e. The molecule has 0 atom stereocenters. The molecular formula is C18H18N6O2S2. The summed E-state index contributed by atoms with van der Waals surface area (Å²) in [5, 5.41) is 24.8. The lowest BCUT2D eigenvalue weighted by Gasteiger charge is -2.06. The number of aromatic nitrogens is 4. The van der Waals surface area contributed by atoms with Gasteiger partial charge in [0.15, 0.2) is 0 Å². The van der Waals surface area contributed by atoms with Crippen molar-refractivity contribution in [3.63, 3.8) is 0 Å². The van der Waals surface area contributed by atoms with Crippen molar-refractivity contribution in [1.82, 2.24) is 20.2 Å². The van der Waals surface area contributed by atoms with Gasteiger partial charge < -0.3 is 10.1 Å². The van der Waals surface area contributed by atoms with E-state index in [2.05, 4.69) is 26.9 Å². The van der Waals surface area contributed by atoms with Crippen molar-refractivity contribution in [2.24, 2.45) is 0 Å². The van der Waals surface area contributed by atoms with Crippen molar-refractivity contribution in [3.8, 4) is 17.5 Å². The molecule has 28 heavy (non-hydrogen) atoms. The highest BCUT2D eigenvalue weighted by Gasteiger charge is 2.16. The Bertz CT molecular complexity index is 1020. The molecule has 3 aromatic rings. The molecule has 0 radical (unpaired) electrons. The first-order valence-corrected chi connectivity index (χ1v) is 10.3. The summed E-state index contributed by atoms with van der Waals surface area (Å²) in [5.41, 5.74) is 2.18. The van der Waals surface area contributed by atoms with Crippen molar-refractivity contribution in [2.45, 2.75) is 25.9 Å². The SMILES string of the molecule is CCOc1ccc(-n2nnnc2SCC(=O)Nc2sc(C)c(C)c2C#N)cc1. The van der Waals surface area contributed by atoms with E-state index < -0.39 is 0 Å². The molecule has 0 unspecified atom stereocenters. The van der Waals surface area contributed by atoms with Crippen LogP contribution in [0.5, 0.6) is 5.75 Å². The summed E-state index contributed by atoms with van der Waals surface area (Å²) >= 11 is 2.62. The summed E-state index contributed by atoms with van der Waals surface area (Å²) in [5.74, 6) is 0.671. The number of hydrogen-bond acceptors (Lipinski definition) is 8. The van der Waals surface area contributed by atoms with E-state index in [4.69, 9.17) is 4.74 Å². The van der Waals surface area contributed by atoms with Crippen LogP contribution in [0.15, 0.2) is 29.4 Å². The van der Waals surface area contributed by atoms with Gasteiger partial charge in [-0.2, -0.15) is 9.94 Å². The molecule has 0 aliphatic carbocycles. The molecule has 0 saturated heterocycles. The fraction of sp³-hybridized carbons (Fsp3) is 0.278. The highest BCUT2D eigenvalue weighted by atomic mass is 32.2. The van der Waals surface area contributed by atoms with Crippen LogP contribution in [0.25, 0.3) is 5.69 Å². The molecule has 144 valence electrons. The third-order valence-corrected chi connectivity index (χ3v) is 5.96. The molecule has 0 aliphatic heterocycles. The van der Waals surface area contributed by atoms with Gasteiger partial charge >= 0.3 is 0 Å². The number of carbonyl (C=O) groups excluding carboxylic acids is 1. The number of nitrogens with zero attached hydrogens (tertiary/aromatic N) is 5. The fourth-order valence-electron chi connectivity index (χ4n) is 2.42. The summed E-state index contributed by atoms with van der Waals surface area (Å²) in [7, 11) is 0. The van der Waals surface area contributed by atoms with Gasteiger partial charge in [0.05, 0.1) is 23.6 Å². The molecule has 1 N–H and O–H groups in total. The van der Waals surface area contributed by atoms with Gasteiger partial charge in [-0.1, -0.05) is 11.8 Å². The highest BCUT2D eigenvalue weighted by molar-refractivity contribution is 7.99. The highest BCUT2D eigenvalue weighted by Crippen LogP contribution is 2.32. The third-order valence-electron chi connectivity index (χ3n) is 3.92. The summed E-state index contributed by atoms with van der Waals surface area (Å²) in [6.45, 7) is 6.32. The molecule has 8 nitrogen and oxygen atoms in total. The number of rotatable bonds is 7. The minimum absolute atomic E-state index is 0.123. The van der Waals surface area contributed by atoms with E-state index >= 15 is 0 Å². The summed E-state index contributed by atoms with van der Waals surface area (Å²) in [6, 6.07) is 9.52. The second-order valence-corrected chi connectivity index (χ2v) is 7.90. The van der Waals surface area contributed by atoms with Crippen LogP contribution in [0.3, 0.4) is 0 Å². The number of aryl methyl sites for hydroxylation is 1. The fourth-order valence-corrected chi connectivity index (χ4v) is 4.14. The van der Waals surface area contributed by atoms with Gasteiger partial charge in [0.2, 0.25) is 11.1 Å². The molecule has 1 amide bonds. The standard InChI is InChI=1S/C18H18N6O2S2/c1-4-26-14-7-5-13(6-8-14)24-18(21-22-23-24)27-10-16(25)20-17-15(9-19)11(2)12(3)28-17/h5-8H,4,10H2,1-3H3,(H,20,25). The van der Waals surface area contributed by atoms with Gasteiger partial charge in [0.1, 0.15) is 16.8 Å². The Labute approximate surface area is 170 Å². The van der Waals surface area contributed by atoms with Crippen molar-refractivity contribution >= 4 is 34.0 Å². The number of ether oxygens (including phenoxy) is 1. The lowest BCUT2D eigenvalue weighted by Crippen LogP contribution is -2.14. The zero-order valence-corrected chi connectivity index (χ0v) is 17.2. The molecular weight excluding hydrogens is 396 g/mol. The Hall–Kier alpha value is -2.90. The maximum Gasteiger partial charge on any atom is 0.235 e. The Morgan fingerprint density at radius 3 is 2.79 bits per heavy atom. The molecule has 0 aliphatic rings. The van der Waals surface area contributed by atoms with Crippen molar-refractivity contribution in [3.05, 3.63) is 40.3 Å². The van der Waals surface area contributed by atoms with Crippen LogP contribution in [0.1, 0.15) is 22.9 Å². The number of thiophene rings is 1. The second kappa shape index (κ2) is 8.86. The van der Waals surface area contributed by atoms with Gasteiger partial charge in [0.25, 0.3) is 0 Å². The van der Waals surface area contributed by atoms with Crippen LogP contribution in [0, 0.1) is 25.2 Å². The Kier molecular flexibility index (Phi) is 6.28. The van der Waals surface area contributed by atoms with E-state index in [1.165, 1.54) is 23.1 Å². The number of hydrogen-bond donors (Lipinski definition) is 1. The van der Waals surface area contributed by atoms with E-state index in [1.54, 1.807) is 4.68 Å². The number of nitriles is 1. The maximum absolute atomic E-state index is 12.3. The van der Waals surface area contributed by atoms with Crippen LogP contribution in [0.4, 0.5) is 5.00 Å². The minimum atomic E-state index is -0.219. The summed E-state index contributed by atoms with van der Waals surface area (Å²) < 4.78 is 7.00. The number of anilines is 1. The van der Waals surface area contributed by atoms with Gasteiger partial charge in [-0.3, -0.25) is 4.79 Å². The summed E-state index contributed by atoms with van der Waals surface area (Å²) in [4.78, 5) is 13.3. The van der Waals surface area contributed by atoms with Crippen LogP contribution < -0.4 is 10.1 Å². The van der Waals surface area contributed by atoms with Gasteiger partial charge in [-0.15, -0.1) is 16.4 Å². The Balaban J connectivity index is 1.66. The van der Waals surface area contributed by atoms with Gasteiger partial charge in [-0.05, 0) is 61.0 Å². The second-order valence-electron chi connectivity index (χ2n) is 5.74. The number of thioether (sulfide) groups is 1. The van der Waals surface area contributed by atoms with Crippen molar-refractivity contribution < 1.29 is 9.53 Å². The molecule has 3 rings (SSSR count). The van der Waals surface area contributed by atoms with Gasteiger partial charge in [-0.25, -0.2) is 0 Å². The monoisotopic (exact) mass is 414 g/mol. The van der Waals surface area contributed by atoms with Gasteiger partial charge in [0, 0.05) is 4.88 Å². The molecule has 2 aromatic heterocycles. The molecule has 0 bridgehead atoms. The lowest BCUT2D eigenvalue weighted by atomic mass is 10.2. The van der Waals surface area contributed by atoms with E-state index in [0.29, 0.717) is 22.3 Å². The first-order chi connectivity index (χ1) is 13.5. The molecule has 0 spiro atoms. The molecule has 1 aromatic carbocycles. The third kappa shape index (κ3) is 4.32. The van der Waals surface area contributed by atoms with E-state index in [1.807, 2.05) is 45.0 Å². The molecule has 0 saturated carbocycles. The maximum atomic E-state index is 12.3. The molecule has 0 fully saturated rings. The predicted octanol–water partition coefficient (Wildman–Crippen LogP) is 3.34. The molecule has 2 heterocycles. The van der Waals surface area contributed by atoms with Crippen LogP contribution in [-0.2, 0) is 4.79 Å². The van der Waals surface area contributed by atoms with Crippen molar-refractivity contribution in [2.75, 3.05) is 17.7 Å². The van der Waals surface area contributed by atoms with Crippen LogP contribution in [0.2, 0.25) is 0 Å². The quantitative estimate of drug-likeness (QED) is 0.591. The average Bonchev–Trinajstić information content (AvgIpc) is 3.25. The topological polar surface area (TPSA) is 106 Å². The van der Waals surface area contributed by atoms with E-state index in [-0.39, 0.29) is 11.7 Å². The lowest BCUT2D eigenvalue weighted by molar-refractivity contribution is -0.113. The Morgan fingerprint density at radius 2 is 2.11 bits per heavy atom. The Morgan fingerprint density at radius 1 is 1.36 bits per heavy atom. The summed E-state index contributed by atoms with van der Waals surface area (Å²) in [6.07, 6.45) is 0. The number of benzene rings is 1. The van der Waals surface area contributed by atoms with Crippen LogP contribution >= 0.6 is 23.1 Å². The zero-order valence-electron chi connectivity index (χ0n) is 15.6.